The second-order valence-electron chi connectivity index (χ2n) is 5.82. The molecule has 2 N–H and O–H groups in total. The summed E-state index contributed by atoms with van der Waals surface area (Å²) in [6.45, 7) is 0. The van der Waals surface area contributed by atoms with Crippen molar-refractivity contribution < 1.29 is 25.9 Å². The van der Waals surface area contributed by atoms with Crippen LogP contribution in [0.25, 0.3) is 10.2 Å². The van der Waals surface area contributed by atoms with Gasteiger partial charge >= 0.3 is 0 Å². The van der Waals surface area contributed by atoms with Crippen LogP contribution in [0.1, 0.15) is 30.2 Å². The van der Waals surface area contributed by atoms with Crippen LogP contribution in [0.2, 0.25) is 0 Å². The largest absolute Gasteiger partial charge is 0.285 e. The number of thiol groups is 1. The molecule has 0 bridgehead atoms. The molecule has 24 heavy (non-hydrogen) atoms. The summed E-state index contributed by atoms with van der Waals surface area (Å²) in [6.07, 6.45) is -0.0654. The third kappa shape index (κ3) is 3.08. The van der Waals surface area contributed by atoms with E-state index in [-0.39, 0.29) is 18.8 Å². The highest BCUT2D eigenvalue weighted by Gasteiger charge is 2.56. The normalized spacial score (nSPS) is 29.0. The van der Waals surface area contributed by atoms with Crippen molar-refractivity contribution in [2.75, 3.05) is 0 Å². The van der Waals surface area contributed by atoms with Crippen molar-refractivity contribution in [3.63, 3.8) is 0 Å². The highest BCUT2D eigenvalue weighted by molar-refractivity contribution is 8.04. The molecular weight excluding hydrogens is 394 g/mol. The molecule has 7 nitrogen and oxygen atoms in total. The molecule has 11 heteroatoms. The number of benzene rings is 1. The Labute approximate surface area is 149 Å². The summed E-state index contributed by atoms with van der Waals surface area (Å²) in [6, 6.07) is 7.41. The van der Waals surface area contributed by atoms with Crippen LogP contribution >= 0.6 is 24.0 Å². The van der Waals surface area contributed by atoms with Crippen molar-refractivity contribution in [3.05, 3.63) is 29.3 Å². The fourth-order valence-corrected chi connectivity index (χ4v) is 7.53. The van der Waals surface area contributed by atoms with E-state index >= 15 is 0 Å². The van der Waals surface area contributed by atoms with Crippen molar-refractivity contribution in [1.29, 1.82) is 0 Å². The molecule has 0 amide bonds. The van der Waals surface area contributed by atoms with Crippen molar-refractivity contribution in [2.45, 2.75) is 34.5 Å². The number of hydrogen-bond acceptors (Lipinski definition) is 7. The number of rotatable bonds is 3. The highest BCUT2D eigenvalue weighted by Crippen LogP contribution is 2.48. The predicted molar refractivity (Wildman–Crippen MR) is 94.8 cm³/mol. The molecule has 1 fully saturated rings. The summed E-state index contributed by atoms with van der Waals surface area (Å²) in [5.74, 6) is -0.375. The van der Waals surface area contributed by atoms with Crippen LogP contribution in [0.5, 0.6) is 0 Å². The molecule has 0 aliphatic heterocycles. The van der Waals surface area contributed by atoms with Gasteiger partial charge in [0.25, 0.3) is 20.2 Å². The van der Waals surface area contributed by atoms with E-state index in [2.05, 4.69) is 17.6 Å². The Balaban J connectivity index is 2.02. The zero-order valence-electron chi connectivity index (χ0n) is 12.2. The molecule has 132 valence electrons. The zero-order valence-corrected chi connectivity index (χ0v) is 15.6. The third-order valence-electron chi connectivity index (χ3n) is 4.29. The van der Waals surface area contributed by atoms with Gasteiger partial charge in [-0.3, -0.25) is 9.11 Å². The molecule has 1 aromatic carbocycles. The van der Waals surface area contributed by atoms with E-state index in [1.807, 2.05) is 24.3 Å². The molecule has 2 aromatic rings. The van der Waals surface area contributed by atoms with Gasteiger partial charge in [0.05, 0.1) is 15.2 Å². The smallest absolute Gasteiger partial charge is 0.281 e. The third-order valence-corrected chi connectivity index (χ3v) is 9.70. The Morgan fingerprint density at radius 3 is 2.42 bits per heavy atom. The van der Waals surface area contributed by atoms with Gasteiger partial charge in [0, 0.05) is 5.92 Å². The van der Waals surface area contributed by atoms with Crippen molar-refractivity contribution >= 4 is 54.4 Å². The molecule has 3 unspecified atom stereocenters. The van der Waals surface area contributed by atoms with E-state index in [0.29, 0.717) is 11.4 Å². The summed E-state index contributed by atoms with van der Waals surface area (Å²) >= 11 is 5.38. The average Bonchev–Trinajstić information content (AvgIpc) is 2.88. The fourth-order valence-electron chi connectivity index (χ4n) is 3.09. The lowest BCUT2D eigenvalue weighted by Gasteiger charge is -2.38. The highest BCUT2D eigenvalue weighted by atomic mass is 32.3. The first-order chi connectivity index (χ1) is 11.0. The number of fused-ring (bicyclic) bond motifs is 1. The second kappa shape index (κ2) is 5.92. The number of hydrogen-bond donors (Lipinski definition) is 3. The first-order valence-corrected chi connectivity index (χ1v) is 11.2. The van der Waals surface area contributed by atoms with Crippen LogP contribution in [0.3, 0.4) is 0 Å². The van der Waals surface area contributed by atoms with Gasteiger partial charge in [-0.1, -0.05) is 12.1 Å². The van der Waals surface area contributed by atoms with Gasteiger partial charge in [-0.05, 0) is 31.4 Å². The molecule has 3 atom stereocenters. The van der Waals surface area contributed by atoms with Crippen molar-refractivity contribution in [1.82, 2.24) is 4.98 Å². The Morgan fingerprint density at radius 1 is 1.17 bits per heavy atom. The Bertz CT molecular complexity index is 950. The fraction of sp³-hybridized carbons (Fsp3) is 0.462. The molecular formula is C13H15NO6S4. The van der Waals surface area contributed by atoms with Crippen molar-refractivity contribution in [2.24, 2.45) is 0 Å². The van der Waals surface area contributed by atoms with E-state index in [1.54, 1.807) is 0 Å². The van der Waals surface area contributed by atoms with Gasteiger partial charge in [-0.25, -0.2) is 4.98 Å². The maximum atomic E-state index is 11.8. The lowest BCUT2D eigenvalue weighted by atomic mass is 9.88. The van der Waals surface area contributed by atoms with Gasteiger partial charge in [0.1, 0.15) is 5.25 Å². The standard InChI is InChI=1S/C13H15NO6S4/c15-23(16,17)11-6-5-8(7-13(11,21)24(18,19)20)12-14-9-3-1-2-4-10(9)22-12/h1-4,8,11,21H,5-7H2,(H,15,16,17)(H,18,19,20). The van der Waals surface area contributed by atoms with Crippen LogP contribution in [0.15, 0.2) is 24.3 Å². The maximum absolute atomic E-state index is 11.8. The molecule has 1 saturated carbocycles. The summed E-state index contributed by atoms with van der Waals surface area (Å²) in [5, 5.41) is -1.03. The number of thiazole rings is 1. The average molecular weight is 410 g/mol. The Kier molecular flexibility index (Phi) is 4.46. The van der Waals surface area contributed by atoms with Crippen LogP contribution in [-0.4, -0.2) is 40.3 Å². The summed E-state index contributed by atoms with van der Waals surface area (Å²) in [4.78, 5) is 4.47. The lowest BCUT2D eigenvalue weighted by molar-refractivity contribution is 0.362. The molecule has 0 saturated heterocycles. The van der Waals surface area contributed by atoms with Crippen LogP contribution < -0.4 is 0 Å². The van der Waals surface area contributed by atoms with E-state index in [1.165, 1.54) is 11.3 Å². The molecule has 1 aliphatic carbocycles. The quantitative estimate of drug-likeness (QED) is 0.525. The number of para-hydroxylation sites is 1. The molecule has 1 aromatic heterocycles. The van der Waals surface area contributed by atoms with E-state index < -0.39 is 29.6 Å². The molecule has 1 aliphatic rings. The van der Waals surface area contributed by atoms with Crippen LogP contribution in [0.4, 0.5) is 0 Å². The topological polar surface area (TPSA) is 122 Å². The van der Waals surface area contributed by atoms with Crippen molar-refractivity contribution in [3.8, 4) is 0 Å². The van der Waals surface area contributed by atoms with Crippen LogP contribution in [0, 0.1) is 0 Å². The Hall–Kier alpha value is -0.720. The summed E-state index contributed by atoms with van der Waals surface area (Å²) in [7, 11) is -9.51. The summed E-state index contributed by atoms with van der Waals surface area (Å²) in [5.41, 5.74) is 0.769. The minimum absolute atomic E-state index is 0.136. The number of aromatic nitrogens is 1. The Morgan fingerprint density at radius 2 is 1.83 bits per heavy atom. The number of nitrogens with zero attached hydrogens (tertiary/aromatic N) is 1. The second-order valence-corrected chi connectivity index (χ2v) is 11.3. The maximum Gasteiger partial charge on any atom is 0.281 e. The van der Waals surface area contributed by atoms with E-state index in [9.17, 15) is 25.9 Å². The first-order valence-electron chi connectivity index (χ1n) is 7.03. The first kappa shape index (κ1) is 18.1. The van der Waals surface area contributed by atoms with E-state index in [0.717, 1.165) is 10.2 Å². The van der Waals surface area contributed by atoms with Gasteiger partial charge in [-0.2, -0.15) is 29.5 Å². The lowest BCUT2D eigenvalue weighted by Crippen LogP contribution is -2.51. The van der Waals surface area contributed by atoms with E-state index in [4.69, 9.17) is 0 Å². The molecule has 1 heterocycles. The summed E-state index contributed by atoms with van der Waals surface area (Å²) < 4.78 is 64.2. The minimum Gasteiger partial charge on any atom is -0.285 e. The monoisotopic (exact) mass is 409 g/mol. The molecule has 0 radical (unpaired) electrons. The van der Waals surface area contributed by atoms with Gasteiger partial charge in [-0.15, -0.1) is 11.3 Å². The zero-order chi connectivity index (χ0) is 17.8. The van der Waals surface area contributed by atoms with Gasteiger partial charge in [0.2, 0.25) is 0 Å². The molecule has 0 spiro atoms. The predicted octanol–water partition coefficient (Wildman–Crippen LogP) is 2.33. The SMILES string of the molecule is O=S(=O)(O)C1CCC(c2nc3ccccc3s2)CC1(S)S(=O)(=O)O. The molecule has 3 rings (SSSR count). The van der Waals surface area contributed by atoms with Crippen LogP contribution in [-0.2, 0) is 20.2 Å². The van der Waals surface area contributed by atoms with Gasteiger partial charge in [0.15, 0.2) is 4.08 Å². The minimum atomic E-state index is -4.83. The van der Waals surface area contributed by atoms with Gasteiger partial charge < -0.3 is 0 Å².